The average Bonchev–Trinajstić information content (AvgIpc) is 2.91. The summed E-state index contributed by atoms with van der Waals surface area (Å²) in [5, 5.41) is 3.08. The van der Waals surface area contributed by atoms with Crippen molar-refractivity contribution in [2.75, 3.05) is 6.61 Å². The highest BCUT2D eigenvalue weighted by atomic mass is 19.1. The molecule has 0 saturated heterocycles. The van der Waals surface area contributed by atoms with Crippen LogP contribution in [0.15, 0.2) is 24.3 Å². The van der Waals surface area contributed by atoms with Crippen LogP contribution in [0.25, 0.3) is 0 Å². The fraction of sp³-hybridized carbons (Fsp3) is 0.588. The average molecular weight is 293 g/mol. The van der Waals surface area contributed by atoms with Crippen LogP contribution in [-0.2, 0) is 4.79 Å². The lowest BCUT2D eigenvalue weighted by Crippen LogP contribution is -2.40. The zero-order valence-corrected chi connectivity index (χ0v) is 12.6. The Morgan fingerprint density at radius 2 is 2.10 bits per heavy atom. The summed E-state index contributed by atoms with van der Waals surface area (Å²) >= 11 is 0. The van der Waals surface area contributed by atoms with E-state index in [1.165, 1.54) is 56.4 Å². The summed E-state index contributed by atoms with van der Waals surface area (Å²) in [6.45, 7) is 2.18. The van der Waals surface area contributed by atoms with Crippen LogP contribution >= 0.6 is 0 Å². The number of rotatable bonds is 7. The van der Waals surface area contributed by atoms with Gasteiger partial charge in [-0.2, -0.15) is 0 Å². The minimum atomic E-state index is -0.309. The fourth-order valence-corrected chi connectivity index (χ4v) is 2.97. The molecular weight excluding hydrogens is 269 g/mol. The van der Waals surface area contributed by atoms with E-state index >= 15 is 0 Å². The molecule has 1 aliphatic rings. The second kappa shape index (κ2) is 8.01. The van der Waals surface area contributed by atoms with Crippen molar-refractivity contribution >= 4 is 5.91 Å². The third-order valence-electron chi connectivity index (χ3n) is 4.12. The van der Waals surface area contributed by atoms with Crippen LogP contribution in [0, 0.1) is 11.7 Å². The molecule has 0 heterocycles. The second-order valence-corrected chi connectivity index (χ2v) is 5.75. The highest BCUT2D eigenvalue weighted by Crippen LogP contribution is 2.29. The molecule has 0 radical (unpaired) electrons. The fourth-order valence-electron chi connectivity index (χ4n) is 2.97. The molecule has 1 aromatic rings. The molecule has 116 valence electrons. The predicted molar refractivity (Wildman–Crippen MR) is 80.7 cm³/mol. The predicted octanol–water partition coefficient (Wildman–Crippen LogP) is 3.68. The Bertz CT molecular complexity index is 447. The van der Waals surface area contributed by atoms with Crippen LogP contribution in [-0.4, -0.2) is 18.6 Å². The van der Waals surface area contributed by atoms with Crippen molar-refractivity contribution in [1.82, 2.24) is 5.32 Å². The Morgan fingerprint density at radius 1 is 1.33 bits per heavy atom. The van der Waals surface area contributed by atoms with Crippen LogP contribution in [0.4, 0.5) is 4.39 Å². The second-order valence-electron chi connectivity index (χ2n) is 5.75. The van der Waals surface area contributed by atoms with Crippen LogP contribution in [0.3, 0.4) is 0 Å². The van der Waals surface area contributed by atoms with Gasteiger partial charge in [-0.15, -0.1) is 0 Å². The van der Waals surface area contributed by atoms with Gasteiger partial charge in [-0.1, -0.05) is 26.2 Å². The van der Waals surface area contributed by atoms with Gasteiger partial charge in [0.05, 0.1) is 0 Å². The maximum atomic E-state index is 12.8. The lowest BCUT2D eigenvalue weighted by atomic mass is 9.97. The molecule has 1 fully saturated rings. The molecule has 21 heavy (non-hydrogen) atoms. The van der Waals surface area contributed by atoms with Crippen molar-refractivity contribution in [3.05, 3.63) is 30.1 Å². The smallest absolute Gasteiger partial charge is 0.258 e. The topological polar surface area (TPSA) is 38.3 Å². The molecule has 1 aliphatic carbocycles. The summed E-state index contributed by atoms with van der Waals surface area (Å²) in [5.74, 6) is 0.726. The van der Waals surface area contributed by atoms with Crippen molar-refractivity contribution in [3.8, 4) is 5.75 Å². The van der Waals surface area contributed by atoms with Gasteiger partial charge >= 0.3 is 0 Å². The van der Waals surface area contributed by atoms with Gasteiger partial charge < -0.3 is 10.1 Å². The third-order valence-corrected chi connectivity index (χ3v) is 4.12. The van der Waals surface area contributed by atoms with E-state index in [1.807, 2.05) is 0 Å². The van der Waals surface area contributed by atoms with Crippen molar-refractivity contribution in [2.45, 2.75) is 51.5 Å². The van der Waals surface area contributed by atoms with E-state index < -0.39 is 0 Å². The van der Waals surface area contributed by atoms with Gasteiger partial charge in [-0.05, 0) is 49.4 Å². The molecular formula is C17H24FNO2. The van der Waals surface area contributed by atoms with E-state index in [0.717, 1.165) is 6.42 Å². The summed E-state index contributed by atoms with van der Waals surface area (Å²) in [4.78, 5) is 11.9. The number of hydrogen-bond acceptors (Lipinski definition) is 2. The number of nitrogens with one attached hydrogen (secondary N) is 1. The summed E-state index contributed by atoms with van der Waals surface area (Å²) in [7, 11) is 0. The quantitative estimate of drug-likeness (QED) is 0.833. The summed E-state index contributed by atoms with van der Waals surface area (Å²) in [6, 6.07) is 6.00. The van der Waals surface area contributed by atoms with Crippen molar-refractivity contribution < 1.29 is 13.9 Å². The summed E-state index contributed by atoms with van der Waals surface area (Å²) in [6.07, 6.45) is 7.09. The number of benzene rings is 1. The van der Waals surface area contributed by atoms with E-state index in [-0.39, 0.29) is 18.3 Å². The van der Waals surface area contributed by atoms with Gasteiger partial charge in [-0.3, -0.25) is 4.79 Å². The first-order chi connectivity index (χ1) is 10.2. The minimum absolute atomic E-state index is 0.0113. The van der Waals surface area contributed by atoms with Crippen molar-refractivity contribution in [1.29, 1.82) is 0 Å². The van der Waals surface area contributed by atoms with E-state index in [4.69, 9.17) is 4.74 Å². The SMILES string of the molecule is CCCCC1CCCC1NC(=O)COc1ccc(F)cc1. The van der Waals surface area contributed by atoms with Gasteiger partial charge in [0.15, 0.2) is 6.61 Å². The van der Waals surface area contributed by atoms with E-state index in [0.29, 0.717) is 17.7 Å². The lowest BCUT2D eigenvalue weighted by Gasteiger charge is -2.21. The highest BCUT2D eigenvalue weighted by molar-refractivity contribution is 5.77. The zero-order valence-electron chi connectivity index (χ0n) is 12.6. The standard InChI is InChI=1S/C17H24FNO2/c1-2-3-5-13-6-4-7-16(13)19-17(20)12-21-15-10-8-14(18)9-11-15/h8-11,13,16H,2-7,12H2,1H3,(H,19,20). The van der Waals surface area contributed by atoms with Crippen LogP contribution < -0.4 is 10.1 Å². The lowest BCUT2D eigenvalue weighted by molar-refractivity contribution is -0.124. The molecule has 2 rings (SSSR count). The molecule has 0 bridgehead atoms. The molecule has 1 N–H and O–H groups in total. The Balaban J connectivity index is 1.74. The van der Waals surface area contributed by atoms with Crippen LogP contribution in [0.1, 0.15) is 45.4 Å². The maximum Gasteiger partial charge on any atom is 0.258 e. The largest absolute Gasteiger partial charge is 0.484 e. The molecule has 2 atom stereocenters. The molecule has 1 aromatic carbocycles. The van der Waals surface area contributed by atoms with Gasteiger partial charge in [0.25, 0.3) is 5.91 Å². The highest BCUT2D eigenvalue weighted by Gasteiger charge is 2.27. The number of carbonyl (C=O) groups is 1. The maximum absolute atomic E-state index is 12.8. The molecule has 0 aromatic heterocycles. The minimum Gasteiger partial charge on any atom is -0.484 e. The number of halogens is 1. The first-order valence-corrected chi connectivity index (χ1v) is 7.86. The van der Waals surface area contributed by atoms with Gasteiger partial charge in [0.1, 0.15) is 11.6 Å². The van der Waals surface area contributed by atoms with Gasteiger partial charge in [-0.25, -0.2) is 4.39 Å². The molecule has 0 spiro atoms. The molecule has 1 amide bonds. The number of ether oxygens (including phenoxy) is 1. The molecule has 3 nitrogen and oxygen atoms in total. The zero-order chi connectivity index (χ0) is 15.1. The van der Waals surface area contributed by atoms with Gasteiger partial charge in [0.2, 0.25) is 0 Å². The number of amides is 1. The van der Waals surface area contributed by atoms with E-state index in [1.54, 1.807) is 0 Å². The monoisotopic (exact) mass is 293 g/mol. The molecule has 2 unspecified atom stereocenters. The normalized spacial score (nSPS) is 21.2. The van der Waals surface area contributed by atoms with Gasteiger partial charge in [0, 0.05) is 6.04 Å². The summed E-state index contributed by atoms with van der Waals surface area (Å²) < 4.78 is 18.1. The Morgan fingerprint density at radius 3 is 2.81 bits per heavy atom. The Hall–Kier alpha value is -1.58. The molecule has 4 heteroatoms. The first kappa shape index (κ1) is 15.8. The Labute approximate surface area is 125 Å². The van der Waals surface area contributed by atoms with Crippen molar-refractivity contribution in [2.24, 2.45) is 5.92 Å². The van der Waals surface area contributed by atoms with Crippen molar-refractivity contribution in [3.63, 3.8) is 0 Å². The Kier molecular flexibility index (Phi) is 6.03. The van der Waals surface area contributed by atoms with Crippen LogP contribution in [0.2, 0.25) is 0 Å². The molecule has 0 aliphatic heterocycles. The van der Waals surface area contributed by atoms with E-state index in [9.17, 15) is 9.18 Å². The number of unbranched alkanes of at least 4 members (excludes halogenated alkanes) is 1. The number of hydrogen-bond donors (Lipinski definition) is 1. The third kappa shape index (κ3) is 5.03. The number of carbonyl (C=O) groups excluding carboxylic acids is 1. The summed E-state index contributed by atoms with van der Waals surface area (Å²) in [5.41, 5.74) is 0. The van der Waals surface area contributed by atoms with Crippen LogP contribution in [0.5, 0.6) is 5.75 Å². The van der Waals surface area contributed by atoms with E-state index in [2.05, 4.69) is 12.2 Å². The first-order valence-electron chi connectivity index (χ1n) is 7.86. The molecule has 1 saturated carbocycles.